The lowest BCUT2D eigenvalue weighted by molar-refractivity contribution is 0.394. The van der Waals surface area contributed by atoms with Crippen LogP contribution in [0.1, 0.15) is 5.89 Å². The van der Waals surface area contributed by atoms with Gasteiger partial charge in [0.2, 0.25) is 11.7 Å². The lowest BCUT2D eigenvalue weighted by Gasteiger charge is -2.07. The van der Waals surface area contributed by atoms with Crippen LogP contribution in [0.2, 0.25) is 0 Å². The minimum Gasteiger partial charge on any atom is -0.507 e. The molecule has 0 amide bonds. The molecule has 5 rings (SSSR count). The molecule has 5 heteroatoms. The molecule has 2 aromatic heterocycles. The summed E-state index contributed by atoms with van der Waals surface area (Å²) in [7, 11) is 0. The molecule has 0 aliphatic rings. The van der Waals surface area contributed by atoms with Crippen molar-refractivity contribution in [3.05, 3.63) is 78.7 Å². The summed E-state index contributed by atoms with van der Waals surface area (Å²) in [6.07, 6.45) is 0. The molecular weight excluding hydrogens is 350 g/mol. The van der Waals surface area contributed by atoms with Gasteiger partial charge in [0, 0.05) is 29.0 Å². The zero-order valence-corrected chi connectivity index (χ0v) is 15.2. The Kier molecular flexibility index (Phi) is 3.72. The number of hydrogen-bond acceptors (Lipinski definition) is 4. The minimum absolute atomic E-state index is 0.236. The van der Waals surface area contributed by atoms with Crippen LogP contribution in [0.3, 0.4) is 0 Å². The third-order valence-electron chi connectivity index (χ3n) is 4.80. The molecule has 0 fully saturated rings. The Morgan fingerprint density at radius 2 is 1.68 bits per heavy atom. The number of fused-ring (bicyclic) bond motifs is 1. The van der Waals surface area contributed by atoms with Gasteiger partial charge < -0.3 is 14.6 Å². The van der Waals surface area contributed by atoms with E-state index in [-0.39, 0.29) is 5.75 Å². The van der Waals surface area contributed by atoms with Gasteiger partial charge in [0.05, 0.1) is 5.69 Å². The average molecular weight is 367 g/mol. The van der Waals surface area contributed by atoms with Crippen LogP contribution in [-0.4, -0.2) is 20.2 Å². The number of nitrogens with one attached hydrogen (secondary N) is 1. The normalized spacial score (nSPS) is 11.2. The zero-order valence-electron chi connectivity index (χ0n) is 15.2. The number of benzene rings is 3. The number of H-pyrrole nitrogens is 1. The van der Waals surface area contributed by atoms with E-state index in [9.17, 15) is 5.11 Å². The molecule has 0 saturated carbocycles. The Balaban J connectivity index is 1.59. The molecule has 3 aromatic carbocycles. The number of aromatic amines is 1. The molecule has 0 aliphatic carbocycles. The van der Waals surface area contributed by atoms with Crippen LogP contribution >= 0.6 is 0 Å². The van der Waals surface area contributed by atoms with E-state index >= 15 is 0 Å². The average Bonchev–Trinajstić information content (AvgIpc) is 3.34. The molecule has 0 saturated heterocycles. The van der Waals surface area contributed by atoms with Crippen molar-refractivity contribution in [3.8, 4) is 39.5 Å². The molecular formula is C23H17N3O2. The zero-order chi connectivity index (χ0) is 19.1. The van der Waals surface area contributed by atoms with Crippen molar-refractivity contribution in [1.82, 2.24) is 15.1 Å². The Hall–Kier alpha value is -3.86. The predicted molar refractivity (Wildman–Crippen MR) is 109 cm³/mol. The van der Waals surface area contributed by atoms with Crippen molar-refractivity contribution in [3.63, 3.8) is 0 Å². The van der Waals surface area contributed by atoms with Crippen molar-refractivity contribution in [2.45, 2.75) is 6.92 Å². The first-order chi connectivity index (χ1) is 13.7. The molecule has 0 atom stereocenters. The van der Waals surface area contributed by atoms with Gasteiger partial charge in [-0.25, -0.2) is 0 Å². The van der Waals surface area contributed by atoms with E-state index in [1.807, 2.05) is 54.6 Å². The maximum absolute atomic E-state index is 10.4. The molecule has 136 valence electrons. The van der Waals surface area contributed by atoms with Crippen LogP contribution in [0.4, 0.5) is 0 Å². The van der Waals surface area contributed by atoms with Gasteiger partial charge in [0.25, 0.3) is 0 Å². The summed E-state index contributed by atoms with van der Waals surface area (Å²) in [5.74, 6) is 1.34. The molecule has 0 spiro atoms. The summed E-state index contributed by atoms with van der Waals surface area (Å²) in [4.78, 5) is 7.68. The van der Waals surface area contributed by atoms with Crippen LogP contribution in [0.5, 0.6) is 5.75 Å². The van der Waals surface area contributed by atoms with Gasteiger partial charge in [-0.15, -0.1) is 0 Å². The van der Waals surface area contributed by atoms with Gasteiger partial charge in [-0.3, -0.25) is 0 Å². The number of rotatable bonds is 3. The van der Waals surface area contributed by atoms with Crippen LogP contribution < -0.4 is 0 Å². The molecule has 2 heterocycles. The van der Waals surface area contributed by atoms with Crippen molar-refractivity contribution >= 4 is 10.9 Å². The molecule has 5 nitrogen and oxygen atoms in total. The van der Waals surface area contributed by atoms with Crippen LogP contribution in [0.25, 0.3) is 44.7 Å². The van der Waals surface area contributed by atoms with Crippen molar-refractivity contribution in [2.24, 2.45) is 0 Å². The fraction of sp³-hybridized carbons (Fsp3) is 0.0435. The van der Waals surface area contributed by atoms with E-state index in [2.05, 4.69) is 27.3 Å². The molecule has 5 aromatic rings. The first-order valence-corrected chi connectivity index (χ1v) is 9.00. The maximum atomic E-state index is 10.4. The number of aromatic nitrogens is 3. The summed E-state index contributed by atoms with van der Waals surface area (Å²) < 4.78 is 5.07. The summed E-state index contributed by atoms with van der Waals surface area (Å²) in [5, 5.41) is 15.4. The highest BCUT2D eigenvalue weighted by molar-refractivity contribution is 5.90. The smallest absolute Gasteiger partial charge is 0.223 e. The van der Waals surface area contributed by atoms with E-state index in [0.29, 0.717) is 11.7 Å². The van der Waals surface area contributed by atoms with Crippen LogP contribution in [0, 0.1) is 6.92 Å². The van der Waals surface area contributed by atoms with Crippen molar-refractivity contribution in [1.29, 1.82) is 0 Å². The van der Waals surface area contributed by atoms with Crippen LogP contribution in [0.15, 0.2) is 77.3 Å². The highest BCUT2D eigenvalue weighted by Gasteiger charge is 2.12. The monoisotopic (exact) mass is 367 g/mol. The van der Waals surface area contributed by atoms with E-state index in [4.69, 9.17) is 4.52 Å². The number of phenols is 1. The molecule has 28 heavy (non-hydrogen) atoms. The molecule has 0 unspecified atom stereocenters. The second kappa shape index (κ2) is 6.39. The quantitative estimate of drug-likeness (QED) is 0.437. The fourth-order valence-corrected chi connectivity index (χ4v) is 3.40. The van der Waals surface area contributed by atoms with E-state index in [1.165, 1.54) is 0 Å². The van der Waals surface area contributed by atoms with E-state index in [1.54, 1.807) is 13.0 Å². The Morgan fingerprint density at radius 3 is 2.46 bits per heavy atom. The molecule has 0 radical (unpaired) electrons. The number of phenolic OH excluding ortho intramolecular Hbond substituents is 1. The van der Waals surface area contributed by atoms with Crippen molar-refractivity contribution in [2.75, 3.05) is 0 Å². The second-order valence-corrected chi connectivity index (χ2v) is 6.72. The second-order valence-electron chi connectivity index (χ2n) is 6.72. The number of aryl methyl sites for hydroxylation is 1. The van der Waals surface area contributed by atoms with Crippen molar-refractivity contribution < 1.29 is 9.63 Å². The molecule has 0 bridgehead atoms. The van der Waals surface area contributed by atoms with Gasteiger partial charge in [-0.2, -0.15) is 4.98 Å². The highest BCUT2D eigenvalue weighted by atomic mass is 16.5. The lowest BCUT2D eigenvalue weighted by atomic mass is 10.0. The summed E-state index contributed by atoms with van der Waals surface area (Å²) in [5.41, 5.74) is 5.63. The minimum atomic E-state index is 0.236. The summed E-state index contributed by atoms with van der Waals surface area (Å²) in [6.45, 7) is 1.77. The lowest BCUT2D eigenvalue weighted by Crippen LogP contribution is -1.82. The number of aromatic hydroxyl groups is 1. The van der Waals surface area contributed by atoms with E-state index in [0.717, 1.165) is 38.9 Å². The van der Waals surface area contributed by atoms with E-state index < -0.39 is 0 Å². The fourth-order valence-electron chi connectivity index (χ4n) is 3.40. The molecule has 0 aliphatic heterocycles. The summed E-state index contributed by atoms with van der Waals surface area (Å²) >= 11 is 0. The maximum Gasteiger partial charge on any atom is 0.223 e. The largest absolute Gasteiger partial charge is 0.507 e. The van der Waals surface area contributed by atoms with Gasteiger partial charge in [0.1, 0.15) is 5.75 Å². The Labute approximate surface area is 161 Å². The first kappa shape index (κ1) is 16.3. The molecule has 2 N–H and O–H groups in total. The summed E-state index contributed by atoms with van der Waals surface area (Å²) in [6, 6.07) is 23.7. The van der Waals surface area contributed by atoms with Gasteiger partial charge in [-0.1, -0.05) is 41.6 Å². The topological polar surface area (TPSA) is 74.9 Å². The van der Waals surface area contributed by atoms with Gasteiger partial charge in [0.15, 0.2) is 0 Å². The number of nitrogens with zero attached hydrogens (tertiary/aromatic N) is 2. The Bertz CT molecular complexity index is 1290. The Morgan fingerprint density at radius 1 is 0.857 bits per heavy atom. The van der Waals surface area contributed by atoms with Gasteiger partial charge >= 0.3 is 0 Å². The predicted octanol–water partition coefficient (Wildman–Crippen LogP) is 5.57. The SMILES string of the molecule is Cc1nc(-c2ccc3[nH]c(-c4cc(-c5ccccc5)ccc4O)cc3c2)no1. The third kappa shape index (κ3) is 2.83. The first-order valence-electron chi connectivity index (χ1n) is 9.00. The standard InChI is InChI=1S/C23H17N3O2/c1-14-24-23(26-28-14)17-7-9-20-18(11-17)13-21(25-20)19-12-16(8-10-22(19)27)15-5-3-2-4-6-15/h2-13,25,27H,1H3. The number of hydrogen-bond donors (Lipinski definition) is 2. The van der Waals surface area contributed by atoms with Gasteiger partial charge in [-0.05, 0) is 47.5 Å². The third-order valence-corrected chi connectivity index (χ3v) is 4.80. The van der Waals surface area contributed by atoms with Crippen LogP contribution in [-0.2, 0) is 0 Å². The highest BCUT2D eigenvalue weighted by Crippen LogP contribution is 2.35.